The van der Waals surface area contributed by atoms with Crippen molar-refractivity contribution in [1.82, 2.24) is 20.6 Å². The van der Waals surface area contributed by atoms with Crippen molar-refractivity contribution in [3.8, 4) is 0 Å². The predicted octanol–water partition coefficient (Wildman–Crippen LogP) is 2.31. The minimum Gasteiger partial charge on any atom is -0.443 e. The normalized spacial score (nSPS) is 10.9. The highest BCUT2D eigenvalue weighted by molar-refractivity contribution is 9.10. The van der Waals surface area contributed by atoms with Gasteiger partial charge in [0.2, 0.25) is 5.76 Å². The number of hydrogen-bond acceptors (Lipinski definition) is 6. The Morgan fingerprint density at radius 1 is 1.61 bits per heavy atom. The number of tetrazole rings is 1. The molecule has 2 rings (SSSR count). The average Bonchev–Trinajstić information content (AvgIpc) is 2.87. The van der Waals surface area contributed by atoms with Gasteiger partial charge in [0, 0.05) is 11.3 Å². The largest absolute Gasteiger partial charge is 0.443 e. The van der Waals surface area contributed by atoms with Gasteiger partial charge in [-0.1, -0.05) is 18.9 Å². The van der Waals surface area contributed by atoms with Gasteiger partial charge in [0.1, 0.15) is 0 Å². The average molecular weight is 332 g/mol. The Labute approximate surface area is 115 Å². The van der Waals surface area contributed by atoms with Gasteiger partial charge in [0.25, 0.3) is 11.9 Å². The highest BCUT2D eigenvalue weighted by Gasteiger charge is 2.20. The molecule has 0 unspecified atom stereocenters. The lowest BCUT2D eigenvalue weighted by molar-refractivity contribution is 0.0991. The van der Waals surface area contributed by atoms with Gasteiger partial charge < -0.3 is 4.42 Å². The molecule has 0 spiro atoms. The van der Waals surface area contributed by atoms with Crippen molar-refractivity contribution in [3.63, 3.8) is 0 Å². The van der Waals surface area contributed by atoms with E-state index in [9.17, 15) is 4.79 Å². The predicted molar refractivity (Wildman–Crippen MR) is 69.5 cm³/mol. The van der Waals surface area contributed by atoms with Crippen molar-refractivity contribution in [2.24, 2.45) is 0 Å². The van der Waals surface area contributed by atoms with Gasteiger partial charge in [-0.2, -0.15) is 5.21 Å². The Bertz CT molecular complexity index is 539. The second-order valence-corrected chi connectivity index (χ2v) is 6.00. The monoisotopic (exact) mass is 331 g/mol. The second-order valence-electron chi connectivity index (χ2n) is 3.60. The SMILES string of the molecule is CC(C)Sc1cc(Br)oc1C(=O)Nc1nn[nH]n1. The van der Waals surface area contributed by atoms with E-state index >= 15 is 0 Å². The molecule has 0 aliphatic carbocycles. The molecular weight excluding hydrogens is 322 g/mol. The van der Waals surface area contributed by atoms with Crippen LogP contribution in [-0.4, -0.2) is 31.8 Å². The number of anilines is 1. The third-order valence-electron chi connectivity index (χ3n) is 1.81. The molecule has 0 saturated carbocycles. The summed E-state index contributed by atoms with van der Waals surface area (Å²) in [6, 6.07) is 1.76. The molecule has 2 aromatic rings. The number of H-pyrrole nitrogens is 1. The van der Waals surface area contributed by atoms with E-state index in [2.05, 4.69) is 41.9 Å². The minimum atomic E-state index is -0.412. The number of halogens is 1. The lowest BCUT2D eigenvalue weighted by Crippen LogP contribution is -2.13. The summed E-state index contributed by atoms with van der Waals surface area (Å²) >= 11 is 4.75. The van der Waals surface area contributed by atoms with Crippen LogP contribution in [0.2, 0.25) is 0 Å². The van der Waals surface area contributed by atoms with Gasteiger partial charge in [0.15, 0.2) is 4.67 Å². The number of aromatic amines is 1. The molecule has 0 aliphatic rings. The van der Waals surface area contributed by atoms with E-state index < -0.39 is 5.91 Å². The van der Waals surface area contributed by atoms with E-state index in [-0.39, 0.29) is 11.7 Å². The van der Waals surface area contributed by atoms with Crippen molar-refractivity contribution in [2.45, 2.75) is 24.0 Å². The number of rotatable bonds is 4. The van der Waals surface area contributed by atoms with Gasteiger partial charge in [-0.05, 0) is 21.1 Å². The van der Waals surface area contributed by atoms with E-state index in [4.69, 9.17) is 4.42 Å². The van der Waals surface area contributed by atoms with E-state index in [0.717, 1.165) is 4.90 Å². The fourth-order valence-corrected chi connectivity index (χ4v) is 2.69. The third kappa shape index (κ3) is 3.10. The van der Waals surface area contributed by atoms with Crippen LogP contribution in [0.15, 0.2) is 20.0 Å². The lowest BCUT2D eigenvalue weighted by atomic mass is 10.4. The van der Waals surface area contributed by atoms with E-state index in [1.165, 1.54) is 11.8 Å². The maximum atomic E-state index is 12.0. The first-order valence-electron chi connectivity index (χ1n) is 5.07. The molecule has 2 aromatic heterocycles. The molecule has 96 valence electrons. The van der Waals surface area contributed by atoms with Crippen LogP contribution in [0.25, 0.3) is 0 Å². The molecule has 0 aliphatic heterocycles. The van der Waals surface area contributed by atoms with Crippen LogP contribution in [0.5, 0.6) is 0 Å². The number of hydrogen-bond donors (Lipinski definition) is 2. The smallest absolute Gasteiger partial charge is 0.295 e. The first-order valence-corrected chi connectivity index (χ1v) is 6.74. The summed E-state index contributed by atoms with van der Waals surface area (Å²) in [6.07, 6.45) is 0. The number of carbonyl (C=O) groups excluding carboxylic acids is 1. The van der Waals surface area contributed by atoms with Crippen LogP contribution in [0.3, 0.4) is 0 Å². The number of nitrogens with zero attached hydrogens (tertiary/aromatic N) is 3. The number of thioether (sulfide) groups is 1. The molecular formula is C9H10BrN5O2S. The fraction of sp³-hybridized carbons (Fsp3) is 0.333. The number of nitrogens with one attached hydrogen (secondary N) is 2. The molecule has 0 fully saturated rings. The summed E-state index contributed by atoms with van der Waals surface area (Å²) in [5.41, 5.74) is 0. The lowest BCUT2D eigenvalue weighted by Gasteiger charge is -2.03. The van der Waals surface area contributed by atoms with Crippen molar-refractivity contribution in [3.05, 3.63) is 16.5 Å². The zero-order valence-corrected chi connectivity index (χ0v) is 12.0. The molecule has 0 aromatic carbocycles. The van der Waals surface area contributed by atoms with E-state index in [1.807, 2.05) is 13.8 Å². The zero-order chi connectivity index (χ0) is 13.1. The van der Waals surface area contributed by atoms with Crippen LogP contribution < -0.4 is 5.32 Å². The number of amides is 1. The minimum absolute atomic E-state index is 0.105. The van der Waals surface area contributed by atoms with Crippen LogP contribution in [-0.2, 0) is 0 Å². The first-order chi connectivity index (χ1) is 8.56. The number of furan rings is 1. The number of carbonyl (C=O) groups is 1. The van der Waals surface area contributed by atoms with Crippen molar-refractivity contribution in [1.29, 1.82) is 0 Å². The van der Waals surface area contributed by atoms with Crippen LogP contribution in [0.1, 0.15) is 24.4 Å². The van der Waals surface area contributed by atoms with Gasteiger partial charge in [0.05, 0.1) is 4.90 Å². The zero-order valence-electron chi connectivity index (χ0n) is 9.60. The van der Waals surface area contributed by atoms with Crippen LogP contribution >= 0.6 is 27.7 Å². The Morgan fingerprint density at radius 2 is 2.39 bits per heavy atom. The van der Waals surface area contributed by atoms with E-state index in [0.29, 0.717) is 9.92 Å². The van der Waals surface area contributed by atoms with Gasteiger partial charge in [-0.25, -0.2) is 0 Å². The number of aromatic nitrogens is 4. The Morgan fingerprint density at radius 3 is 3.00 bits per heavy atom. The van der Waals surface area contributed by atoms with Crippen LogP contribution in [0, 0.1) is 0 Å². The second kappa shape index (κ2) is 5.53. The van der Waals surface area contributed by atoms with Gasteiger partial charge >= 0.3 is 0 Å². The summed E-state index contributed by atoms with van der Waals surface area (Å²) in [5.74, 6) is -0.0800. The fourth-order valence-electron chi connectivity index (χ4n) is 1.22. The Hall–Kier alpha value is -1.35. The Kier molecular flexibility index (Phi) is 4.02. The van der Waals surface area contributed by atoms with E-state index in [1.54, 1.807) is 6.07 Å². The standard InChI is InChI=1S/C9H10BrN5O2S/c1-4(2)18-5-3-6(10)17-7(5)8(16)11-9-12-14-15-13-9/h3-4H,1-2H3,(H2,11,12,13,14,15,16). The molecule has 0 saturated heterocycles. The molecule has 0 radical (unpaired) electrons. The molecule has 2 heterocycles. The molecule has 2 N–H and O–H groups in total. The maximum absolute atomic E-state index is 12.0. The molecule has 18 heavy (non-hydrogen) atoms. The summed E-state index contributed by atoms with van der Waals surface area (Å²) in [6.45, 7) is 4.07. The van der Waals surface area contributed by atoms with Crippen molar-refractivity contribution >= 4 is 39.5 Å². The first kappa shape index (κ1) is 13.1. The quantitative estimate of drug-likeness (QED) is 0.834. The highest BCUT2D eigenvalue weighted by Crippen LogP contribution is 2.32. The highest BCUT2D eigenvalue weighted by atomic mass is 79.9. The molecule has 0 bridgehead atoms. The maximum Gasteiger partial charge on any atom is 0.295 e. The molecule has 1 amide bonds. The van der Waals surface area contributed by atoms with Crippen molar-refractivity contribution < 1.29 is 9.21 Å². The molecule has 0 atom stereocenters. The third-order valence-corrected chi connectivity index (χ3v) is 3.23. The summed E-state index contributed by atoms with van der Waals surface area (Å²) in [7, 11) is 0. The summed E-state index contributed by atoms with van der Waals surface area (Å²) in [4.78, 5) is 12.7. The van der Waals surface area contributed by atoms with Crippen LogP contribution in [0.4, 0.5) is 5.95 Å². The Balaban J connectivity index is 2.18. The van der Waals surface area contributed by atoms with Crippen molar-refractivity contribution in [2.75, 3.05) is 5.32 Å². The topological polar surface area (TPSA) is 96.7 Å². The van der Waals surface area contributed by atoms with Gasteiger partial charge in [-0.3, -0.25) is 10.1 Å². The molecule has 9 heteroatoms. The summed E-state index contributed by atoms with van der Waals surface area (Å²) in [5, 5.41) is 15.7. The molecule has 7 nitrogen and oxygen atoms in total. The summed E-state index contributed by atoms with van der Waals surface area (Å²) < 4.78 is 5.83. The van der Waals surface area contributed by atoms with Gasteiger partial charge in [-0.15, -0.1) is 16.9 Å².